The molecule has 1 heterocycles. The van der Waals surface area contributed by atoms with Crippen molar-refractivity contribution < 1.29 is 0 Å². The first-order valence-corrected chi connectivity index (χ1v) is 7.87. The predicted octanol–water partition coefficient (Wildman–Crippen LogP) is 4.57. The SMILES string of the molecule is CC=NN(c1nc(C)cc(C2CC2)n1)c1ccccc1Br. The number of hydrogen-bond donors (Lipinski definition) is 0. The van der Waals surface area contributed by atoms with E-state index in [1.807, 2.05) is 38.1 Å². The predicted molar refractivity (Wildman–Crippen MR) is 89.2 cm³/mol. The van der Waals surface area contributed by atoms with Crippen LogP contribution in [0.4, 0.5) is 11.6 Å². The van der Waals surface area contributed by atoms with Gasteiger partial charge >= 0.3 is 0 Å². The monoisotopic (exact) mass is 344 g/mol. The smallest absolute Gasteiger partial charge is 0.216 e. The fraction of sp³-hybridized carbons (Fsp3) is 0.312. The van der Waals surface area contributed by atoms with E-state index in [0.717, 1.165) is 21.5 Å². The first kappa shape index (κ1) is 14.2. The van der Waals surface area contributed by atoms with E-state index < -0.39 is 0 Å². The lowest BCUT2D eigenvalue weighted by Crippen LogP contribution is -2.14. The van der Waals surface area contributed by atoms with Crippen molar-refractivity contribution >= 4 is 33.8 Å². The van der Waals surface area contributed by atoms with Gasteiger partial charge in [-0.25, -0.2) is 9.97 Å². The van der Waals surface area contributed by atoms with Gasteiger partial charge < -0.3 is 0 Å². The number of nitrogens with zero attached hydrogens (tertiary/aromatic N) is 4. The molecule has 1 saturated carbocycles. The molecule has 5 heteroatoms. The van der Waals surface area contributed by atoms with Gasteiger partial charge in [-0.05, 0) is 60.8 Å². The molecule has 0 unspecified atom stereocenters. The zero-order chi connectivity index (χ0) is 14.8. The number of aromatic nitrogens is 2. The third-order valence-electron chi connectivity index (χ3n) is 3.36. The maximum absolute atomic E-state index is 4.71. The van der Waals surface area contributed by atoms with E-state index in [1.54, 1.807) is 11.2 Å². The molecule has 0 radical (unpaired) electrons. The van der Waals surface area contributed by atoms with Gasteiger partial charge in [0.2, 0.25) is 0 Å². The summed E-state index contributed by atoms with van der Waals surface area (Å²) in [7, 11) is 0. The number of benzene rings is 1. The molecule has 3 rings (SSSR count). The highest BCUT2D eigenvalue weighted by Gasteiger charge is 2.27. The van der Waals surface area contributed by atoms with Crippen molar-refractivity contribution in [2.75, 3.05) is 5.01 Å². The lowest BCUT2D eigenvalue weighted by Gasteiger charge is -2.19. The molecule has 1 aromatic heterocycles. The average Bonchev–Trinajstić information content (AvgIpc) is 3.30. The van der Waals surface area contributed by atoms with Crippen molar-refractivity contribution in [2.45, 2.75) is 32.6 Å². The lowest BCUT2D eigenvalue weighted by atomic mass is 10.2. The van der Waals surface area contributed by atoms with Crippen LogP contribution in [0, 0.1) is 6.92 Å². The summed E-state index contributed by atoms with van der Waals surface area (Å²) in [4.78, 5) is 9.27. The van der Waals surface area contributed by atoms with E-state index in [1.165, 1.54) is 12.8 Å². The molecule has 1 fully saturated rings. The largest absolute Gasteiger partial charge is 0.251 e. The molecule has 0 spiro atoms. The summed E-state index contributed by atoms with van der Waals surface area (Å²) in [5.74, 6) is 1.22. The maximum Gasteiger partial charge on any atom is 0.251 e. The van der Waals surface area contributed by atoms with Crippen molar-refractivity contribution in [3.63, 3.8) is 0 Å². The number of rotatable bonds is 4. The molecular weight excluding hydrogens is 328 g/mol. The minimum absolute atomic E-state index is 0.595. The zero-order valence-electron chi connectivity index (χ0n) is 12.1. The van der Waals surface area contributed by atoms with E-state index in [4.69, 9.17) is 4.98 Å². The van der Waals surface area contributed by atoms with E-state index in [9.17, 15) is 0 Å². The summed E-state index contributed by atoms with van der Waals surface area (Å²) in [6, 6.07) is 10.0. The Labute approximate surface area is 133 Å². The Morgan fingerprint density at radius 1 is 1.29 bits per heavy atom. The van der Waals surface area contributed by atoms with Crippen molar-refractivity contribution in [3.05, 3.63) is 46.2 Å². The summed E-state index contributed by atoms with van der Waals surface area (Å²) in [6.45, 7) is 3.90. The molecular formula is C16H17BrN4. The van der Waals surface area contributed by atoms with Crippen LogP contribution in [0.15, 0.2) is 39.9 Å². The molecule has 4 nitrogen and oxygen atoms in total. The van der Waals surface area contributed by atoms with Gasteiger partial charge in [-0.15, -0.1) is 0 Å². The van der Waals surface area contributed by atoms with Crippen LogP contribution < -0.4 is 5.01 Å². The molecule has 0 amide bonds. The quantitative estimate of drug-likeness (QED) is 0.602. The second kappa shape index (κ2) is 5.93. The topological polar surface area (TPSA) is 41.4 Å². The van der Waals surface area contributed by atoms with Gasteiger partial charge in [0, 0.05) is 28.0 Å². The summed E-state index contributed by atoms with van der Waals surface area (Å²) in [5, 5.41) is 6.22. The second-order valence-electron chi connectivity index (χ2n) is 5.15. The summed E-state index contributed by atoms with van der Waals surface area (Å²) < 4.78 is 0.966. The van der Waals surface area contributed by atoms with Crippen LogP contribution in [0.3, 0.4) is 0 Å². The number of anilines is 2. The first-order valence-electron chi connectivity index (χ1n) is 7.08. The van der Waals surface area contributed by atoms with Crippen molar-refractivity contribution in [3.8, 4) is 0 Å². The highest BCUT2D eigenvalue weighted by molar-refractivity contribution is 9.10. The second-order valence-corrected chi connectivity index (χ2v) is 6.00. The normalized spacial score (nSPS) is 14.6. The number of hydrazone groups is 1. The van der Waals surface area contributed by atoms with Gasteiger partial charge in [0.05, 0.1) is 5.69 Å². The fourth-order valence-corrected chi connectivity index (χ4v) is 2.67. The average molecular weight is 345 g/mol. The van der Waals surface area contributed by atoms with Crippen LogP contribution in [0.5, 0.6) is 0 Å². The Morgan fingerprint density at radius 2 is 2.05 bits per heavy atom. The molecule has 2 aromatic rings. The molecule has 0 N–H and O–H groups in total. The van der Waals surface area contributed by atoms with Crippen molar-refractivity contribution in [2.24, 2.45) is 5.10 Å². The van der Waals surface area contributed by atoms with E-state index in [2.05, 4.69) is 32.1 Å². The van der Waals surface area contributed by atoms with Crippen molar-refractivity contribution in [1.29, 1.82) is 0 Å². The van der Waals surface area contributed by atoms with E-state index in [0.29, 0.717) is 11.9 Å². The van der Waals surface area contributed by atoms with Crippen LogP contribution in [-0.4, -0.2) is 16.2 Å². The number of hydrogen-bond acceptors (Lipinski definition) is 4. The molecule has 108 valence electrons. The molecule has 1 aromatic carbocycles. The molecule has 1 aliphatic rings. The van der Waals surface area contributed by atoms with E-state index in [-0.39, 0.29) is 0 Å². The number of aryl methyl sites for hydroxylation is 1. The van der Waals surface area contributed by atoms with Gasteiger partial charge in [0.15, 0.2) is 0 Å². The summed E-state index contributed by atoms with van der Waals surface area (Å²) >= 11 is 3.57. The lowest BCUT2D eigenvalue weighted by molar-refractivity contribution is 0.908. The highest BCUT2D eigenvalue weighted by Crippen LogP contribution is 2.40. The molecule has 21 heavy (non-hydrogen) atoms. The van der Waals surface area contributed by atoms with Gasteiger partial charge in [0.1, 0.15) is 0 Å². The number of para-hydroxylation sites is 1. The molecule has 0 aliphatic heterocycles. The Morgan fingerprint density at radius 3 is 2.71 bits per heavy atom. The fourth-order valence-electron chi connectivity index (χ4n) is 2.22. The maximum atomic E-state index is 4.71. The van der Waals surface area contributed by atoms with Gasteiger partial charge in [-0.1, -0.05) is 12.1 Å². The van der Waals surface area contributed by atoms with Gasteiger partial charge in [0.25, 0.3) is 5.95 Å². The highest BCUT2D eigenvalue weighted by atomic mass is 79.9. The third kappa shape index (κ3) is 3.13. The molecule has 1 aliphatic carbocycles. The van der Waals surface area contributed by atoms with Crippen LogP contribution >= 0.6 is 15.9 Å². The van der Waals surface area contributed by atoms with Crippen LogP contribution in [0.1, 0.15) is 37.1 Å². The Kier molecular flexibility index (Phi) is 4.01. The Hall–Kier alpha value is -1.75. The minimum atomic E-state index is 0.595. The van der Waals surface area contributed by atoms with Crippen LogP contribution in [0.2, 0.25) is 0 Å². The van der Waals surface area contributed by atoms with Crippen LogP contribution in [-0.2, 0) is 0 Å². The van der Waals surface area contributed by atoms with Gasteiger partial charge in [-0.2, -0.15) is 10.1 Å². The third-order valence-corrected chi connectivity index (χ3v) is 4.03. The zero-order valence-corrected chi connectivity index (χ0v) is 13.7. The number of halogens is 1. The Balaban J connectivity index is 2.07. The Bertz CT molecular complexity index is 680. The minimum Gasteiger partial charge on any atom is -0.216 e. The molecule has 0 atom stereocenters. The van der Waals surface area contributed by atoms with Crippen LogP contribution in [0.25, 0.3) is 0 Å². The first-order chi connectivity index (χ1) is 10.2. The summed E-state index contributed by atoms with van der Waals surface area (Å²) in [6.07, 6.45) is 4.20. The standard InChI is InChI=1S/C16H17BrN4/c1-3-18-21(15-7-5-4-6-13(15)17)16-19-11(2)10-14(20-16)12-8-9-12/h3-7,10,12H,8-9H2,1-2H3. The van der Waals surface area contributed by atoms with Gasteiger partial charge in [-0.3, -0.25) is 0 Å². The molecule has 0 bridgehead atoms. The molecule has 0 saturated heterocycles. The van der Waals surface area contributed by atoms with E-state index >= 15 is 0 Å². The van der Waals surface area contributed by atoms with Crippen molar-refractivity contribution in [1.82, 2.24) is 9.97 Å². The summed E-state index contributed by atoms with van der Waals surface area (Å²) in [5.41, 5.74) is 3.04.